The van der Waals surface area contributed by atoms with Crippen LogP contribution in [0.4, 0.5) is 0 Å². The number of ether oxygens (including phenoxy) is 1. The minimum atomic E-state index is 0.154. The SMILES string of the molecule is COc1cncc(C2(CN)CCCC2)c1. The van der Waals surface area contributed by atoms with Gasteiger partial charge in [0.05, 0.1) is 13.3 Å². The summed E-state index contributed by atoms with van der Waals surface area (Å²) in [5.74, 6) is 0.826. The van der Waals surface area contributed by atoms with Crippen molar-refractivity contribution in [3.63, 3.8) is 0 Å². The fourth-order valence-corrected chi connectivity index (χ4v) is 2.48. The zero-order chi connectivity index (χ0) is 10.7. The summed E-state index contributed by atoms with van der Waals surface area (Å²) < 4.78 is 5.20. The van der Waals surface area contributed by atoms with E-state index in [-0.39, 0.29) is 5.41 Å². The maximum atomic E-state index is 5.92. The molecule has 0 spiro atoms. The molecule has 0 radical (unpaired) electrons. The standard InChI is InChI=1S/C12H18N2O/c1-15-11-6-10(7-14-8-11)12(9-13)4-2-3-5-12/h6-8H,2-5,9,13H2,1H3. The van der Waals surface area contributed by atoms with Gasteiger partial charge in [-0.3, -0.25) is 4.98 Å². The van der Waals surface area contributed by atoms with E-state index in [2.05, 4.69) is 11.1 Å². The van der Waals surface area contributed by atoms with Crippen molar-refractivity contribution in [3.8, 4) is 5.75 Å². The largest absolute Gasteiger partial charge is 0.495 e. The second kappa shape index (κ2) is 4.19. The topological polar surface area (TPSA) is 48.1 Å². The Labute approximate surface area is 90.7 Å². The van der Waals surface area contributed by atoms with Gasteiger partial charge in [0.1, 0.15) is 5.75 Å². The van der Waals surface area contributed by atoms with Crippen molar-refractivity contribution < 1.29 is 4.74 Å². The number of pyridine rings is 1. The van der Waals surface area contributed by atoms with Crippen LogP contribution in [0.25, 0.3) is 0 Å². The second-order valence-corrected chi connectivity index (χ2v) is 4.31. The normalized spacial score (nSPS) is 19.1. The first-order valence-corrected chi connectivity index (χ1v) is 5.50. The number of hydrogen-bond acceptors (Lipinski definition) is 3. The first kappa shape index (κ1) is 10.4. The van der Waals surface area contributed by atoms with Crippen LogP contribution in [0.5, 0.6) is 5.75 Å². The summed E-state index contributed by atoms with van der Waals surface area (Å²) in [6.45, 7) is 0.710. The molecule has 2 N–H and O–H groups in total. The lowest BCUT2D eigenvalue weighted by molar-refractivity contribution is 0.405. The summed E-state index contributed by atoms with van der Waals surface area (Å²) >= 11 is 0. The van der Waals surface area contributed by atoms with E-state index < -0.39 is 0 Å². The van der Waals surface area contributed by atoms with E-state index in [1.54, 1.807) is 13.3 Å². The molecule has 2 rings (SSSR count). The third kappa shape index (κ3) is 1.84. The molecular weight excluding hydrogens is 188 g/mol. The second-order valence-electron chi connectivity index (χ2n) is 4.31. The third-order valence-corrected chi connectivity index (χ3v) is 3.51. The summed E-state index contributed by atoms with van der Waals surface area (Å²) in [4.78, 5) is 4.21. The van der Waals surface area contributed by atoms with Gasteiger partial charge in [-0.25, -0.2) is 0 Å². The molecule has 3 nitrogen and oxygen atoms in total. The fourth-order valence-electron chi connectivity index (χ4n) is 2.48. The zero-order valence-electron chi connectivity index (χ0n) is 9.20. The molecule has 1 heterocycles. The fraction of sp³-hybridized carbons (Fsp3) is 0.583. The number of rotatable bonds is 3. The first-order valence-electron chi connectivity index (χ1n) is 5.50. The van der Waals surface area contributed by atoms with Gasteiger partial charge >= 0.3 is 0 Å². The Morgan fingerprint density at radius 2 is 2.13 bits per heavy atom. The molecule has 1 saturated carbocycles. The summed E-state index contributed by atoms with van der Waals surface area (Å²) in [6, 6.07) is 2.07. The summed E-state index contributed by atoms with van der Waals surface area (Å²) in [5.41, 5.74) is 7.32. The highest BCUT2D eigenvalue weighted by molar-refractivity contribution is 5.31. The van der Waals surface area contributed by atoms with Gasteiger partial charge in [-0.1, -0.05) is 12.8 Å². The molecule has 1 fully saturated rings. The summed E-state index contributed by atoms with van der Waals surface area (Å²) in [7, 11) is 1.67. The van der Waals surface area contributed by atoms with E-state index >= 15 is 0 Å². The van der Waals surface area contributed by atoms with E-state index in [1.165, 1.54) is 31.2 Å². The van der Waals surface area contributed by atoms with E-state index in [0.717, 1.165) is 5.75 Å². The Balaban J connectivity index is 2.33. The average molecular weight is 206 g/mol. The van der Waals surface area contributed by atoms with Gasteiger partial charge in [-0.2, -0.15) is 0 Å². The Kier molecular flexibility index (Phi) is 2.91. The highest BCUT2D eigenvalue weighted by Crippen LogP contribution is 2.40. The van der Waals surface area contributed by atoms with Crippen molar-refractivity contribution in [3.05, 3.63) is 24.0 Å². The monoisotopic (exact) mass is 206 g/mol. The number of methoxy groups -OCH3 is 1. The van der Waals surface area contributed by atoms with Crippen LogP contribution in [0.1, 0.15) is 31.2 Å². The summed E-state index contributed by atoms with van der Waals surface area (Å²) in [6.07, 6.45) is 8.57. The van der Waals surface area contributed by atoms with Crippen LogP contribution in [-0.2, 0) is 5.41 Å². The maximum absolute atomic E-state index is 5.92. The first-order chi connectivity index (χ1) is 7.30. The van der Waals surface area contributed by atoms with Crippen LogP contribution in [-0.4, -0.2) is 18.6 Å². The van der Waals surface area contributed by atoms with Gasteiger partial charge in [0.15, 0.2) is 0 Å². The minimum Gasteiger partial charge on any atom is -0.495 e. The Morgan fingerprint density at radius 3 is 2.73 bits per heavy atom. The molecule has 3 heteroatoms. The molecule has 1 aromatic rings. The lowest BCUT2D eigenvalue weighted by Crippen LogP contribution is -2.32. The highest BCUT2D eigenvalue weighted by Gasteiger charge is 2.34. The molecule has 1 aromatic heterocycles. The van der Waals surface area contributed by atoms with E-state index in [9.17, 15) is 0 Å². The predicted molar refractivity (Wildman–Crippen MR) is 60.0 cm³/mol. The average Bonchev–Trinajstić information content (AvgIpc) is 2.79. The lowest BCUT2D eigenvalue weighted by Gasteiger charge is -2.27. The molecule has 0 aliphatic heterocycles. The van der Waals surface area contributed by atoms with Crippen molar-refractivity contribution in [2.24, 2.45) is 5.73 Å². The number of nitrogens with two attached hydrogens (primary N) is 1. The Morgan fingerprint density at radius 1 is 1.40 bits per heavy atom. The van der Waals surface area contributed by atoms with E-state index in [1.807, 2.05) is 6.20 Å². The van der Waals surface area contributed by atoms with E-state index in [0.29, 0.717) is 6.54 Å². The molecule has 15 heavy (non-hydrogen) atoms. The smallest absolute Gasteiger partial charge is 0.137 e. The molecule has 0 saturated heterocycles. The molecule has 0 aromatic carbocycles. The van der Waals surface area contributed by atoms with Gasteiger partial charge in [0, 0.05) is 18.2 Å². The van der Waals surface area contributed by atoms with Crippen molar-refractivity contribution >= 4 is 0 Å². The minimum absolute atomic E-state index is 0.154. The zero-order valence-corrected chi connectivity index (χ0v) is 9.20. The summed E-state index contributed by atoms with van der Waals surface area (Å²) in [5, 5.41) is 0. The molecular formula is C12H18N2O. The van der Waals surface area contributed by atoms with Crippen molar-refractivity contribution in [2.45, 2.75) is 31.1 Å². The molecule has 0 unspecified atom stereocenters. The molecule has 1 aliphatic carbocycles. The van der Waals surface area contributed by atoms with Gasteiger partial charge in [0.2, 0.25) is 0 Å². The molecule has 0 bridgehead atoms. The molecule has 0 amide bonds. The van der Waals surface area contributed by atoms with Gasteiger partial charge < -0.3 is 10.5 Å². The van der Waals surface area contributed by atoms with Crippen molar-refractivity contribution in [1.29, 1.82) is 0 Å². The maximum Gasteiger partial charge on any atom is 0.137 e. The van der Waals surface area contributed by atoms with Crippen LogP contribution in [0.15, 0.2) is 18.5 Å². The van der Waals surface area contributed by atoms with E-state index in [4.69, 9.17) is 10.5 Å². The van der Waals surface area contributed by atoms with Crippen LogP contribution < -0.4 is 10.5 Å². The van der Waals surface area contributed by atoms with Crippen molar-refractivity contribution in [2.75, 3.05) is 13.7 Å². The van der Waals surface area contributed by atoms with Crippen LogP contribution in [0.3, 0.4) is 0 Å². The number of aromatic nitrogens is 1. The van der Waals surface area contributed by atoms with Gasteiger partial charge in [-0.15, -0.1) is 0 Å². The number of nitrogens with zero attached hydrogens (tertiary/aromatic N) is 1. The highest BCUT2D eigenvalue weighted by atomic mass is 16.5. The predicted octanol–water partition coefficient (Wildman–Crippen LogP) is 1.86. The molecule has 82 valence electrons. The lowest BCUT2D eigenvalue weighted by atomic mass is 9.80. The molecule has 1 aliphatic rings. The quantitative estimate of drug-likeness (QED) is 0.821. The van der Waals surface area contributed by atoms with Crippen LogP contribution in [0, 0.1) is 0 Å². The third-order valence-electron chi connectivity index (χ3n) is 3.51. The Hall–Kier alpha value is -1.09. The number of hydrogen-bond donors (Lipinski definition) is 1. The molecule has 0 atom stereocenters. The van der Waals surface area contributed by atoms with Gasteiger partial charge in [0.25, 0.3) is 0 Å². The van der Waals surface area contributed by atoms with Crippen LogP contribution >= 0.6 is 0 Å². The Bertz CT molecular complexity index is 332. The van der Waals surface area contributed by atoms with Crippen LogP contribution in [0.2, 0.25) is 0 Å². The van der Waals surface area contributed by atoms with Gasteiger partial charge in [-0.05, 0) is 24.5 Å². The van der Waals surface area contributed by atoms with Crippen molar-refractivity contribution in [1.82, 2.24) is 4.98 Å².